The lowest BCUT2D eigenvalue weighted by molar-refractivity contribution is 0.0686. The lowest BCUT2D eigenvalue weighted by Gasteiger charge is -2.32. The molecule has 1 aromatic carbocycles. The van der Waals surface area contributed by atoms with Gasteiger partial charge in [-0.2, -0.15) is 0 Å². The quantitative estimate of drug-likeness (QED) is 0.751. The van der Waals surface area contributed by atoms with Crippen LogP contribution in [0, 0.1) is 5.92 Å². The zero-order chi connectivity index (χ0) is 19.8. The number of pyridine rings is 1. The molecule has 1 aliphatic rings. The summed E-state index contributed by atoms with van der Waals surface area (Å²) in [5.74, 6) is 1.56. The van der Waals surface area contributed by atoms with E-state index in [0.29, 0.717) is 18.1 Å². The molecule has 1 N–H and O–H groups in total. The monoisotopic (exact) mass is 381 g/mol. The standard InChI is InChI=1S/C23H31N3O2/c1-18(17-28-2)25-22-11-10-21(16-24-22)23(27)26-14-12-20(13-15-26)9-8-19-6-4-3-5-7-19/h3-7,10-11,16,18,20H,8-9,12-15,17H2,1-2H3,(H,24,25). The van der Waals surface area contributed by atoms with E-state index in [9.17, 15) is 4.79 Å². The fourth-order valence-electron chi connectivity index (χ4n) is 3.77. The van der Waals surface area contributed by atoms with Crippen LogP contribution in [0.5, 0.6) is 0 Å². The lowest BCUT2D eigenvalue weighted by atomic mass is 9.90. The fraction of sp³-hybridized carbons (Fsp3) is 0.478. The summed E-state index contributed by atoms with van der Waals surface area (Å²) in [7, 11) is 1.68. The Morgan fingerprint density at radius 1 is 1.21 bits per heavy atom. The number of hydrogen-bond donors (Lipinski definition) is 1. The van der Waals surface area contributed by atoms with Crippen LogP contribution in [0.2, 0.25) is 0 Å². The third-order valence-electron chi connectivity index (χ3n) is 5.41. The molecule has 0 aliphatic carbocycles. The van der Waals surface area contributed by atoms with Gasteiger partial charge in [-0.1, -0.05) is 30.3 Å². The van der Waals surface area contributed by atoms with E-state index in [1.807, 2.05) is 24.0 Å². The van der Waals surface area contributed by atoms with Crippen LogP contribution in [-0.4, -0.2) is 48.6 Å². The van der Waals surface area contributed by atoms with E-state index in [-0.39, 0.29) is 11.9 Å². The van der Waals surface area contributed by atoms with Crippen molar-refractivity contribution in [2.24, 2.45) is 5.92 Å². The molecule has 1 fully saturated rings. The number of benzene rings is 1. The maximum Gasteiger partial charge on any atom is 0.255 e. The molecule has 5 nitrogen and oxygen atoms in total. The van der Waals surface area contributed by atoms with Crippen molar-refractivity contribution in [3.05, 3.63) is 59.8 Å². The van der Waals surface area contributed by atoms with Crippen molar-refractivity contribution < 1.29 is 9.53 Å². The van der Waals surface area contributed by atoms with E-state index in [0.717, 1.165) is 38.2 Å². The van der Waals surface area contributed by atoms with Gasteiger partial charge in [0, 0.05) is 32.4 Å². The number of aromatic nitrogens is 1. The Hall–Kier alpha value is -2.40. The number of methoxy groups -OCH3 is 1. The number of nitrogens with zero attached hydrogens (tertiary/aromatic N) is 2. The van der Waals surface area contributed by atoms with Crippen LogP contribution in [0.15, 0.2) is 48.7 Å². The molecule has 1 aromatic heterocycles. The summed E-state index contributed by atoms with van der Waals surface area (Å²) < 4.78 is 5.12. The Morgan fingerprint density at radius 3 is 2.61 bits per heavy atom. The lowest BCUT2D eigenvalue weighted by Crippen LogP contribution is -2.38. The third-order valence-corrected chi connectivity index (χ3v) is 5.41. The number of hydrogen-bond acceptors (Lipinski definition) is 4. The van der Waals surface area contributed by atoms with Gasteiger partial charge in [0.05, 0.1) is 12.2 Å². The van der Waals surface area contributed by atoms with Crippen molar-refractivity contribution in [3.63, 3.8) is 0 Å². The van der Waals surface area contributed by atoms with Gasteiger partial charge >= 0.3 is 0 Å². The molecule has 1 atom stereocenters. The molecule has 2 heterocycles. The van der Waals surface area contributed by atoms with Gasteiger partial charge in [0.2, 0.25) is 0 Å². The highest BCUT2D eigenvalue weighted by molar-refractivity contribution is 5.94. The highest BCUT2D eigenvalue weighted by Gasteiger charge is 2.23. The number of carbonyl (C=O) groups excluding carboxylic acids is 1. The van der Waals surface area contributed by atoms with Gasteiger partial charge in [-0.05, 0) is 56.2 Å². The molecule has 0 radical (unpaired) electrons. The number of aryl methyl sites for hydroxylation is 1. The van der Waals surface area contributed by atoms with Gasteiger partial charge in [0.1, 0.15) is 5.82 Å². The number of nitrogens with one attached hydrogen (secondary N) is 1. The largest absolute Gasteiger partial charge is 0.383 e. The normalized spacial score (nSPS) is 16.0. The summed E-state index contributed by atoms with van der Waals surface area (Å²) in [6, 6.07) is 14.6. The molecule has 150 valence electrons. The summed E-state index contributed by atoms with van der Waals surface area (Å²) in [6.45, 7) is 4.32. The highest BCUT2D eigenvalue weighted by atomic mass is 16.5. The minimum atomic E-state index is 0.0884. The van der Waals surface area contributed by atoms with Crippen molar-refractivity contribution in [2.75, 3.05) is 32.1 Å². The molecule has 0 spiro atoms. The van der Waals surface area contributed by atoms with Crippen LogP contribution >= 0.6 is 0 Å². The van der Waals surface area contributed by atoms with E-state index in [4.69, 9.17) is 4.74 Å². The van der Waals surface area contributed by atoms with E-state index in [1.165, 1.54) is 12.0 Å². The third kappa shape index (κ3) is 5.80. The topological polar surface area (TPSA) is 54.5 Å². The molecule has 1 aliphatic heterocycles. The second kappa shape index (κ2) is 10.2. The summed E-state index contributed by atoms with van der Waals surface area (Å²) in [4.78, 5) is 19.1. The van der Waals surface area contributed by atoms with Crippen LogP contribution < -0.4 is 5.32 Å². The minimum Gasteiger partial charge on any atom is -0.383 e. The Morgan fingerprint density at radius 2 is 1.96 bits per heavy atom. The van der Waals surface area contributed by atoms with Gasteiger partial charge in [-0.25, -0.2) is 4.98 Å². The second-order valence-electron chi connectivity index (χ2n) is 7.69. The molecule has 5 heteroatoms. The first kappa shape index (κ1) is 20.3. The molecule has 1 saturated heterocycles. The molecule has 2 aromatic rings. The van der Waals surface area contributed by atoms with Crippen molar-refractivity contribution in [3.8, 4) is 0 Å². The van der Waals surface area contributed by atoms with Crippen molar-refractivity contribution in [1.82, 2.24) is 9.88 Å². The molecule has 0 bridgehead atoms. The molecule has 28 heavy (non-hydrogen) atoms. The highest BCUT2D eigenvalue weighted by Crippen LogP contribution is 2.23. The summed E-state index contributed by atoms with van der Waals surface area (Å²) in [5, 5.41) is 3.26. The maximum atomic E-state index is 12.8. The van der Waals surface area contributed by atoms with Crippen LogP contribution in [0.4, 0.5) is 5.82 Å². The Labute approximate surface area is 168 Å². The van der Waals surface area contributed by atoms with Gasteiger partial charge in [0.15, 0.2) is 0 Å². The van der Waals surface area contributed by atoms with E-state index in [2.05, 4.69) is 40.6 Å². The first-order chi connectivity index (χ1) is 13.7. The fourth-order valence-corrected chi connectivity index (χ4v) is 3.77. The molecular weight excluding hydrogens is 350 g/mol. The average Bonchev–Trinajstić information content (AvgIpc) is 2.73. The summed E-state index contributed by atoms with van der Waals surface area (Å²) >= 11 is 0. The number of amides is 1. The zero-order valence-corrected chi connectivity index (χ0v) is 16.9. The molecule has 1 amide bonds. The van der Waals surface area contributed by atoms with Gasteiger partial charge in [-0.3, -0.25) is 4.79 Å². The number of rotatable bonds is 8. The van der Waals surface area contributed by atoms with Gasteiger partial charge in [0.25, 0.3) is 5.91 Å². The first-order valence-electron chi connectivity index (χ1n) is 10.2. The number of piperidine rings is 1. The van der Waals surface area contributed by atoms with Gasteiger partial charge in [-0.15, -0.1) is 0 Å². The number of carbonyl (C=O) groups is 1. The average molecular weight is 382 g/mol. The molecule has 1 unspecified atom stereocenters. The number of likely N-dealkylation sites (tertiary alicyclic amines) is 1. The van der Waals surface area contributed by atoms with Crippen LogP contribution in [0.1, 0.15) is 42.1 Å². The number of ether oxygens (including phenoxy) is 1. The first-order valence-corrected chi connectivity index (χ1v) is 10.2. The Kier molecular flexibility index (Phi) is 7.43. The van der Waals surface area contributed by atoms with Crippen molar-refractivity contribution in [2.45, 2.75) is 38.6 Å². The number of anilines is 1. The van der Waals surface area contributed by atoms with E-state index < -0.39 is 0 Å². The smallest absolute Gasteiger partial charge is 0.255 e. The van der Waals surface area contributed by atoms with Crippen LogP contribution in [0.3, 0.4) is 0 Å². The molecular formula is C23H31N3O2. The second-order valence-corrected chi connectivity index (χ2v) is 7.69. The SMILES string of the molecule is COCC(C)Nc1ccc(C(=O)N2CCC(CCc3ccccc3)CC2)cn1. The Balaban J connectivity index is 1.45. The van der Waals surface area contributed by atoms with Crippen LogP contribution in [-0.2, 0) is 11.2 Å². The predicted octanol–water partition coefficient (Wildman–Crippen LogP) is 4.01. The molecule has 0 saturated carbocycles. The summed E-state index contributed by atoms with van der Waals surface area (Å²) in [5.41, 5.74) is 2.06. The molecule has 3 rings (SSSR count). The predicted molar refractivity (Wildman–Crippen MR) is 113 cm³/mol. The zero-order valence-electron chi connectivity index (χ0n) is 16.9. The van der Waals surface area contributed by atoms with Crippen LogP contribution in [0.25, 0.3) is 0 Å². The van der Waals surface area contributed by atoms with Gasteiger partial charge < -0.3 is 15.0 Å². The Bertz CT molecular complexity index is 725. The summed E-state index contributed by atoms with van der Waals surface area (Å²) in [6.07, 6.45) is 6.17. The van der Waals surface area contributed by atoms with E-state index in [1.54, 1.807) is 13.3 Å². The maximum absolute atomic E-state index is 12.8. The van der Waals surface area contributed by atoms with Crippen molar-refractivity contribution in [1.29, 1.82) is 0 Å². The van der Waals surface area contributed by atoms with Crippen molar-refractivity contribution >= 4 is 11.7 Å². The minimum absolute atomic E-state index is 0.0884. The van der Waals surface area contributed by atoms with E-state index >= 15 is 0 Å².